The first-order chi connectivity index (χ1) is 8.00. The molecule has 1 heterocycles. The Balaban J connectivity index is 1.82. The van der Waals surface area contributed by atoms with Crippen molar-refractivity contribution < 1.29 is 14.7 Å². The lowest BCUT2D eigenvalue weighted by molar-refractivity contribution is -0.142. The quantitative estimate of drug-likeness (QED) is 0.814. The number of likely N-dealkylation sites (tertiary alicyclic amines) is 1. The zero-order valence-corrected chi connectivity index (χ0v) is 10.6. The number of piperidine rings is 1. The van der Waals surface area contributed by atoms with Gasteiger partial charge >= 0.3 is 5.97 Å². The predicted octanol–water partition coefficient (Wildman–Crippen LogP) is 1.60. The summed E-state index contributed by atoms with van der Waals surface area (Å²) in [6.45, 7) is 6.07. The molecule has 0 spiro atoms. The number of nitrogens with zero attached hydrogens (tertiary/aromatic N) is 1. The molecule has 2 fully saturated rings. The van der Waals surface area contributed by atoms with Gasteiger partial charge in [-0.15, -0.1) is 0 Å². The highest BCUT2D eigenvalue weighted by Crippen LogP contribution is 2.40. The molecule has 2 unspecified atom stereocenters. The molecule has 0 bridgehead atoms. The van der Waals surface area contributed by atoms with Crippen LogP contribution in [0.5, 0.6) is 0 Å². The number of carbonyl (C=O) groups is 2. The molecule has 96 valence electrons. The van der Waals surface area contributed by atoms with E-state index in [1.807, 2.05) is 4.90 Å². The van der Waals surface area contributed by atoms with Crippen molar-refractivity contribution >= 4 is 11.9 Å². The van der Waals surface area contributed by atoms with Gasteiger partial charge in [-0.1, -0.05) is 13.8 Å². The molecule has 2 rings (SSSR count). The molecule has 1 N–H and O–H groups in total. The monoisotopic (exact) mass is 239 g/mol. The fraction of sp³-hybridized carbons (Fsp3) is 0.846. The van der Waals surface area contributed by atoms with E-state index in [0.29, 0.717) is 18.3 Å². The molecular weight excluding hydrogens is 218 g/mol. The third-order valence-electron chi connectivity index (χ3n) is 4.22. The zero-order chi connectivity index (χ0) is 12.6. The summed E-state index contributed by atoms with van der Waals surface area (Å²) in [5.74, 6) is 0.00177. The van der Waals surface area contributed by atoms with Gasteiger partial charge in [0.05, 0.1) is 11.8 Å². The number of aliphatic carboxylic acids is 1. The van der Waals surface area contributed by atoms with Crippen molar-refractivity contribution in [3.8, 4) is 0 Å². The molecule has 0 aromatic carbocycles. The molecule has 0 radical (unpaired) electrons. The van der Waals surface area contributed by atoms with E-state index in [-0.39, 0.29) is 11.8 Å². The van der Waals surface area contributed by atoms with Crippen LogP contribution >= 0.6 is 0 Å². The van der Waals surface area contributed by atoms with Crippen LogP contribution in [0.1, 0.15) is 33.1 Å². The molecule has 17 heavy (non-hydrogen) atoms. The van der Waals surface area contributed by atoms with Crippen molar-refractivity contribution in [3.05, 3.63) is 0 Å². The highest BCUT2D eigenvalue weighted by atomic mass is 16.4. The lowest BCUT2D eigenvalue weighted by atomic mass is 9.86. The van der Waals surface area contributed by atoms with Gasteiger partial charge in [-0.3, -0.25) is 9.59 Å². The maximum atomic E-state index is 12.0. The van der Waals surface area contributed by atoms with Crippen LogP contribution in [0.25, 0.3) is 0 Å². The predicted molar refractivity (Wildman–Crippen MR) is 63.4 cm³/mol. The first kappa shape index (κ1) is 12.4. The Hall–Kier alpha value is -1.06. The number of rotatable bonds is 3. The summed E-state index contributed by atoms with van der Waals surface area (Å²) in [5, 5.41) is 8.82. The molecule has 0 aromatic rings. The van der Waals surface area contributed by atoms with E-state index >= 15 is 0 Å². The fourth-order valence-corrected chi connectivity index (χ4v) is 2.76. The molecule has 4 heteroatoms. The highest BCUT2D eigenvalue weighted by molar-refractivity contribution is 5.89. The number of carbonyl (C=O) groups excluding carboxylic acids is 1. The Labute approximate surface area is 102 Å². The van der Waals surface area contributed by atoms with Crippen LogP contribution in [0.4, 0.5) is 0 Å². The van der Waals surface area contributed by atoms with Crippen molar-refractivity contribution in [1.29, 1.82) is 0 Å². The zero-order valence-electron chi connectivity index (χ0n) is 10.6. The maximum Gasteiger partial charge on any atom is 0.307 e. The average Bonchev–Trinajstić information content (AvgIpc) is 3.08. The number of carboxylic acids is 1. The van der Waals surface area contributed by atoms with E-state index in [9.17, 15) is 9.59 Å². The average molecular weight is 239 g/mol. The molecule has 2 aliphatic rings. The van der Waals surface area contributed by atoms with Crippen molar-refractivity contribution in [1.82, 2.24) is 4.90 Å². The number of hydrogen-bond donors (Lipinski definition) is 1. The van der Waals surface area contributed by atoms with E-state index in [4.69, 9.17) is 5.11 Å². The van der Waals surface area contributed by atoms with Gasteiger partial charge in [0, 0.05) is 13.1 Å². The summed E-state index contributed by atoms with van der Waals surface area (Å²) in [6.07, 6.45) is 2.67. The van der Waals surface area contributed by atoms with Gasteiger partial charge in [0.2, 0.25) is 5.91 Å². The summed E-state index contributed by atoms with van der Waals surface area (Å²) >= 11 is 0. The summed E-state index contributed by atoms with van der Waals surface area (Å²) in [5.41, 5.74) is 0. The first-order valence-corrected chi connectivity index (χ1v) is 6.52. The Bertz CT molecular complexity index is 319. The van der Waals surface area contributed by atoms with Gasteiger partial charge in [-0.05, 0) is 31.1 Å². The number of hydrogen-bond acceptors (Lipinski definition) is 2. The molecule has 4 nitrogen and oxygen atoms in total. The van der Waals surface area contributed by atoms with Gasteiger partial charge in [-0.2, -0.15) is 0 Å². The third-order valence-corrected chi connectivity index (χ3v) is 4.22. The molecule has 0 aromatic heterocycles. The topological polar surface area (TPSA) is 57.6 Å². The van der Waals surface area contributed by atoms with E-state index < -0.39 is 11.9 Å². The van der Waals surface area contributed by atoms with Gasteiger partial charge in [0.1, 0.15) is 0 Å². The van der Waals surface area contributed by atoms with Crippen LogP contribution in [-0.4, -0.2) is 35.0 Å². The number of carboxylic acid groups (broad SMARTS) is 1. The highest BCUT2D eigenvalue weighted by Gasteiger charge is 2.50. The second kappa shape index (κ2) is 4.67. The summed E-state index contributed by atoms with van der Waals surface area (Å²) < 4.78 is 0. The minimum Gasteiger partial charge on any atom is -0.481 e. The smallest absolute Gasteiger partial charge is 0.307 e. The molecule has 1 amide bonds. The SMILES string of the molecule is CC(C)C1CCN(C(=O)C2CC2C(=O)O)CC1. The molecular formula is C13H21NO3. The van der Waals surface area contributed by atoms with Crippen LogP contribution in [0, 0.1) is 23.7 Å². The Morgan fingerprint density at radius 1 is 1.18 bits per heavy atom. The molecule has 1 saturated heterocycles. The van der Waals surface area contributed by atoms with Gasteiger partial charge in [0.25, 0.3) is 0 Å². The van der Waals surface area contributed by atoms with Crippen LogP contribution < -0.4 is 0 Å². The Kier molecular flexibility index (Phi) is 3.40. The van der Waals surface area contributed by atoms with Gasteiger partial charge in [-0.25, -0.2) is 0 Å². The van der Waals surface area contributed by atoms with Crippen molar-refractivity contribution in [3.63, 3.8) is 0 Å². The third kappa shape index (κ3) is 2.61. The standard InChI is InChI=1S/C13H21NO3/c1-8(2)9-3-5-14(6-4-9)12(15)10-7-11(10)13(16)17/h8-11H,3-7H2,1-2H3,(H,16,17). The van der Waals surface area contributed by atoms with Crippen LogP contribution in [0.2, 0.25) is 0 Å². The Morgan fingerprint density at radius 2 is 1.76 bits per heavy atom. The summed E-state index contributed by atoms with van der Waals surface area (Å²) in [7, 11) is 0. The molecule has 2 atom stereocenters. The Morgan fingerprint density at radius 3 is 2.18 bits per heavy atom. The molecule has 1 aliphatic heterocycles. The minimum absolute atomic E-state index is 0.0691. The first-order valence-electron chi connectivity index (χ1n) is 6.52. The molecule has 1 aliphatic carbocycles. The van der Waals surface area contributed by atoms with Crippen LogP contribution in [0.3, 0.4) is 0 Å². The van der Waals surface area contributed by atoms with Gasteiger partial charge in [0.15, 0.2) is 0 Å². The van der Waals surface area contributed by atoms with Crippen molar-refractivity contribution in [2.75, 3.05) is 13.1 Å². The fourth-order valence-electron chi connectivity index (χ4n) is 2.76. The van der Waals surface area contributed by atoms with Gasteiger partial charge < -0.3 is 10.0 Å². The number of amides is 1. The summed E-state index contributed by atoms with van der Waals surface area (Å²) in [6, 6.07) is 0. The summed E-state index contributed by atoms with van der Waals surface area (Å²) in [4.78, 5) is 24.6. The largest absolute Gasteiger partial charge is 0.481 e. The minimum atomic E-state index is -0.819. The second-order valence-corrected chi connectivity index (χ2v) is 5.69. The molecule has 1 saturated carbocycles. The normalized spacial score (nSPS) is 29.5. The van der Waals surface area contributed by atoms with Crippen LogP contribution in [0.15, 0.2) is 0 Å². The van der Waals surface area contributed by atoms with E-state index in [2.05, 4.69) is 13.8 Å². The van der Waals surface area contributed by atoms with E-state index in [1.165, 1.54) is 0 Å². The lowest BCUT2D eigenvalue weighted by Gasteiger charge is -2.34. The maximum absolute atomic E-state index is 12.0. The lowest BCUT2D eigenvalue weighted by Crippen LogP contribution is -2.40. The van der Waals surface area contributed by atoms with Crippen molar-refractivity contribution in [2.24, 2.45) is 23.7 Å². The second-order valence-electron chi connectivity index (χ2n) is 5.69. The van der Waals surface area contributed by atoms with Crippen molar-refractivity contribution in [2.45, 2.75) is 33.1 Å². The van der Waals surface area contributed by atoms with E-state index in [1.54, 1.807) is 0 Å². The van der Waals surface area contributed by atoms with Crippen LogP contribution in [-0.2, 0) is 9.59 Å². The van der Waals surface area contributed by atoms with E-state index in [0.717, 1.165) is 25.9 Å².